The maximum absolute atomic E-state index is 12.7. The molecule has 0 aliphatic carbocycles. The van der Waals surface area contributed by atoms with Crippen LogP contribution in [0.2, 0.25) is 5.02 Å². The summed E-state index contributed by atoms with van der Waals surface area (Å²) in [4.78, 5) is 38.3. The summed E-state index contributed by atoms with van der Waals surface area (Å²) in [6.45, 7) is 1.34. The van der Waals surface area contributed by atoms with E-state index in [1.54, 1.807) is 49.4 Å². The van der Waals surface area contributed by atoms with Crippen LogP contribution in [0.25, 0.3) is 0 Å². The van der Waals surface area contributed by atoms with Crippen molar-refractivity contribution < 1.29 is 19.1 Å². The first-order valence-electron chi connectivity index (χ1n) is 8.09. The van der Waals surface area contributed by atoms with Gasteiger partial charge in [-0.25, -0.2) is 4.79 Å². The Labute approximate surface area is 155 Å². The van der Waals surface area contributed by atoms with E-state index in [9.17, 15) is 14.4 Å². The van der Waals surface area contributed by atoms with Gasteiger partial charge in [-0.05, 0) is 37.3 Å². The zero-order valence-corrected chi connectivity index (χ0v) is 14.8. The molecule has 2 aromatic carbocycles. The van der Waals surface area contributed by atoms with Crippen LogP contribution in [-0.4, -0.2) is 30.4 Å². The highest BCUT2D eigenvalue weighted by atomic mass is 35.5. The van der Waals surface area contributed by atoms with Crippen molar-refractivity contribution in [2.75, 3.05) is 16.8 Å². The fourth-order valence-corrected chi connectivity index (χ4v) is 3.05. The summed E-state index contributed by atoms with van der Waals surface area (Å²) in [5.74, 6) is -1.21. The molecule has 0 saturated carbocycles. The lowest BCUT2D eigenvalue weighted by Gasteiger charge is -2.27. The number of para-hydroxylation sites is 2. The minimum Gasteiger partial charge on any atom is -0.452 e. The van der Waals surface area contributed by atoms with Gasteiger partial charge in [-0.1, -0.05) is 29.8 Å². The molecule has 0 radical (unpaired) electrons. The van der Waals surface area contributed by atoms with E-state index in [0.717, 1.165) is 0 Å². The van der Waals surface area contributed by atoms with Crippen molar-refractivity contribution in [1.29, 1.82) is 0 Å². The molecule has 7 heteroatoms. The standard InChI is InChI=1S/C19H17ClN2O4/c1-12-9-17(23)21-15-7-2-3-8-16(15)22(12)18(24)11-26-19(25)13-5-4-6-14(20)10-13/h2-8,10,12H,9,11H2,1H3,(H,21,23)/t12-/m1/s1. The molecule has 0 bridgehead atoms. The molecule has 0 unspecified atom stereocenters. The number of amides is 2. The quantitative estimate of drug-likeness (QED) is 0.839. The number of nitrogens with one attached hydrogen (secondary N) is 1. The summed E-state index contributed by atoms with van der Waals surface area (Å²) in [5.41, 5.74) is 1.40. The van der Waals surface area contributed by atoms with E-state index in [0.29, 0.717) is 16.4 Å². The molecule has 2 amide bonds. The number of esters is 1. The number of nitrogens with zero attached hydrogens (tertiary/aromatic N) is 1. The predicted octanol–water partition coefficient (Wildman–Crippen LogP) is 3.26. The lowest BCUT2D eigenvalue weighted by Crippen LogP contribution is -2.41. The number of hydrogen-bond donors (Lipinski definition) is 1. The molecule has 0 spiro atoms. The van der Waals surface area contributed by atoms with Crippen LogP contribution in [0.3, 0.4) is 0 Å². The van der Waals surface area contributed by atoms with Gasteiger partial charge < -0.3 is 15.0 Å². The number of anilines is 2. The molecule has 134 valence electrons. The summed E-state index contributed by atoms with van der Waals surface area (Å²) in [6.07, 6.45) is 0.155. The van der Waals surface area contributed by atoms with Gasteiger partial charge in [0.1, 0.15) is 0 Å². The summed E-state index contributed by atoms with van der Waals surface area (Å²) in [6, 6.07) is 13.0. The first-order chi connectivity index (χ1) is 12.5. The Morgan fingerprint density at radius 1 is 1.23 bits per heavy atom. The van der Waals surface area contributed by atoms with Gasteiger partial charge in [-0.3, -0.25) is 9.59 Å². The lowest BCUT2D eigenvalue weighted by atomic mass is 10.1. The first kappa shape index (κ1) is 17.9. The third-order valence-corrected chi connectivity index (χ3v) is 4.25. The highest BCUT2D eigenvalue weighted by Gasteiger charge is 2.30. The van der Waals surface area contributed by atoms with Crippen LogP contribution < -0.4 is 10.2 Å². The summed E-state index contributed by atoms with van der Waals surface area (Å²) in [7, 11) is 0. The Hall–Kier alpha value is -2.86. The Kier molecular flexibility index (Phi) is 5.23. The Morgan fingerprint density at radius 2 is 2.00 bits per heavy atom. The van der Waals surface area contributed by atoms with Crippen molar-refractivity contribution in [1.82, 2.24) is 0 Å². The van der Waals surface area contributed by atoms with Crippen LogP contribution in [0.15, 0.2) is 48.5 Å². The van der Waals surface area contributed by atoms with Crippen LogP contribution in [0, 0.1) is 0 Å². The maximum Gasteiger partial charge on any atom is 0.338 e. The molecule has 26 heavy (non-hydrogen) atoms. The Morgan fingerprint density at radius 3 is 2.77 bits per heavy atom. The molecule has 1 N–H and O–H groups in total. The predicted molar refractivity (Wildman–Crippen MR) is 98.4 cm³/mol. The number of rotatable bonds is 3. The second-order valence-electron chi connectivity index (χ2n) is 5.97. The van der Waals surface area contributed by atoms with Crippen molar-refractivity contribution in [2.24, 2.45) is 0 Å². The number of carbonyl (C=O) groups excluding carboxylic acids is 3. The van der Waals surface area contributed by atoms with Gasteiger partial charge in [0.05, 0.1) is 16.9 Å². The minimum atomic E-state index is -0.634. The number of ether oxygens (including phenoxy) is 1. The third kappa shape index (κ3) is 3.86. The second-order valence-corrected chi connectivity index (χ2v) is 6.41. The number of fused-ring (bicyclic) bond motifs is 1. The van der Waals surface area contributed by atoms with Crippen molar-refractivity contribution in [2.45, 2.75) is 19.4 Å². The van der Waals surface area contributed by atoms with Crippen molar-refractivity contribution in [3.05, 3.63) is 59.1 Å². The number of halogens is 1. The summed E-state index contributed by atoms with van der Waals surface area (Å²) in [5, 5.41) is 3.19. The molecule has 6 nitrogen and oxygen atoms in total. The van der Waals surface area contributed by atoms with E-state index >= 15 is 0 Å². The van der Waals surface area contributed by atoms with Gasteiger partial charge in [-0.2, -0.15) is 0 Å². The number of benzene rings is 2. The van der Waals surface area contributed by atoms with E-state index in [2.05, 4.69) is 5.32 Å². The van der Waals surface area contributed by atoms with Crippen LogP contribution in [-0.2, 0) is 14.3 Å². The molecule has 1 heterocycles. The molecular formula is C19H17ClN2O4. The normalized spacial score (nSPS) is 16.3. The largest absolute Gasteiger partial charge is 0.452 e. The van der Waals surface area contributed by atoms with E-state index in [4.69, 9.17) is 16.3 Å². The van der Waals surface area contributed by atoms with Crippen molar-refractivity contribution >= 4 is 40.8 Å². The average molecular weight is 373 g/mol. The van der Waals surface area contributed by atoms with Crippen LogP contribution in [0.4, 0.5) is 11.4 Å². The highest BCUT2D eigenvalue weighted by molar-refractivity contribution is 6.30. The van der Waals surface area contributed by atoms with Crippen molar-refractivity contribution in [3.63, 3.8) is 0 Å². The first-order valence-corrected chi connectivity index (χ1v) is 8.47. The van der Waals surface area contributed by atoms with Gasteiger partial charge in [0, 0.05) is 17.5 Å². The molecule has 1 aliphatic rings. The molecule has 1 atom stereocenters. The van der Waals surface area contributed by atoms with Crippen molar-refractivity contribution in [3.8, 4) is 0 Å². The monoisotopic (exact) mass is 372 g/mol. The fourth-order valence-electron chi connectivity index (χ4n) is 2.86. The smallest absolute Gasteiger partial charge is 0.338 e. The number of hydrogen-bond acceptors (Lipinski definition) is 4. The number of carbonyl (C=O) groups is 3. The van der Waals surface area contributed by atoms with Gasteiger partial charge in [0.2, 0.25) is 5.91 Å². The molecule has 0 saturated heterocycles. The highest BCUT2D eigenvalue weighted by Crippen LogP contribution is 2.31. The lowest BCUT2D eigenvalue weighted by molar-refractivity contribution is -0.122. The Balaban J connectivity index is 1.76. The van der Waals surface area contributed by atoms with Crippen LogP contribution in [0.5, 0.6) is 0 Å². The molecule has 2 aromatic rings. The fraction of sp³-hybridized carbons (Fsp3) is 0.211. The average Bonchev–Trinajstić information content (AvgIpc) is 2.73. The van der Waals surface area contributed by atoms with Crippen LogP contribution in [0.1, 0.15) is 23.7 Å². The van der Waals surface area contributed by atoms with Gasteiger partial charge >= 0.3 is 5.97 Å². The second kappa shape index (κ2) is 7.58. The van der Waals surface area contributed by atoms with E-state index in [1.807, 2.05) is 0 Å². The molecule has 0 aromatic heterocycles. The Bertz CT molecular complexity index is 868. The topological polar surface area (TPSA) is 75.7 Å². The van der Waals surface area contributed by atoms with Gasteiger partial charge in [-0.15, -0.1) is 0 Å². The summed E-state index contributed by atoms with van der Waals surface area (Å²) >= 11 is 5.86. The van der Waals surface area contributed by atoms with E-state index < -0.39 is 18.5 Å². The van der Waals surface area contributed by atoms with E-state index in [-0.39, 0.29) is 23.9 Å². The minimum absolute atomic E-state index is 0.155. The van der Waals surface area contributed by atoms with E-state index in [1.165, 1.54) is 11.0 Å². The van der Waals surface area contributed by atoms with Gasteiger partial charge in [0.25, 0.3) is 5.91 Å². The zero-order valence-electron chi connectivity index (χ0n) is 14.1. The third-order valence-electron chi connectivity index (χ3n) is 4.02. The van der Waals surface area contributed by atoms with Gasteiger partial charge in [0.15, 0.2) is 6.61 Å². The molecule has 1 aliphatic heterocycles. The maximum atomic E-state index is 12.7. The molecule has 0 fully saturated rings. The molecular weight excluding hydrogens is 356 g/mol. The zero-order chi connectivity index (χ0) is 18.7. The summed E-state index contributed by atoms with van der Waals surface area (Å²) < 4.78 is 5.13. The van der Waals surface area contributed by atoms with Crippen LogP contribution >= 0.6 is 11.6 Å². The molecule has 3 rings (SSSR count). The SMILES string of the molecule is C[C@@H]1CC(=O)Nc2ccccc2N1C(=O)COC(=O)c1cccc(Cl)c1.